The van der Waals surface area contributed by atoms with Gasteiger partial charge in [0.2, 0.25) is 0 Å². The summed E-state index contributed by atoms with van der Waals surface area (Å²) in [5.41, 5.74) is 0.661. The molecule has 0 aromatic heterocycles. The molecule has 0 heterocycles. The lowest BCUT2D eigenvalue weighted by Crippen LogP contribution is -2.36. The molecule has 0 saturated carbocycles. The van der Waals surface area contributed by atoms with Crippen molar-refractivity contribution in [2.45, 2.75) is 26.4 Å². The summed E-state index contributed by atoms with van der Waals surface area (Å²) in [4.78, 5) is 11.0. The van der Waals surface area contributed by atoms with E-state index in [9.17, 15) is 13.6 Å². The number of halogens is 3. The van der Waals surface area contributed by atoms with Gasteiger partial charge in [-0.15, -0.1) is 0 Å². The van der Waals surface area contributed by atoms with Crippen LogP contribution in [0.4, 0.5) is 8.78 Å². The Balaban J connectivity index is 2.86. The first-order valence-electron chi connectivity index (χ1n) is 5.43. The van der Waals surface area contributed by atoms with Gasteiger partial charge in [-0.1, -0.05) is 18.5 Å². The van der Waals surface area contributed by atoms with Gasteiger partial charge in [0, 0.05) is 5.02 Å². The first-order chi connectivity index (χ1) is 8.40. The molecule has 0 spiro atoms. The van der Waals surface area contributed by atoms with Gasteiger partial charge in [-0.25, -0.2) is 4.79 Å². The fourth-order valence-corrected chi connectivity index (χ4v) is 1.54. The maximum Gasteiger partial charge on any atom is 0.502 e. The molecule has 0 amide bonds. The summed E-state index contributed by atoms with van der Waals surface area (Å²) in [6, 6.07) is 4.08. The average molecular weight is 279 g/mol. The Hall–Kier alpha value is -1.36. The second kappa shape index (κ2) is 6.00. The monoisotopic (exact) mass is 278 g/mol. The third kappa shape index (κ3) is 3.57. The van der Waals surface area contributed by atoms with Crippen molar-refractivity contribution < 1.29 is 23.0 Å². The summed E-state index contributed by atoms with van der Waals surface area (Å²) >= 11 is 5.85. The molecule has 0 radical (unpaired) electrons. The van der Waals surface area contributed by atoms with Crippen molar-refractivity contribution in [2.24, 2.45) is 0 Å². The van der Waals surface area contributed by atoms with Crippen LogP contribution in [0, 0.1) is 0 Å². The zero-order valence-corrected chi connectivity index (χ0v) is 10.8. The topological polar surface area (TPSA) is 35.5 Å². The molecule has 0 aliphatic rings. The first kappa shape index (κ1) is 14.7. The Bertz CT molecular complexity index is 435. The Labute approximate surface area is 109 Å². The number of ether oxygens (including phenoxy) is 2. The SMILES string of the molecule is CCOC(=O)C(F)(F)Oc1ccc(Cl)c(CC)c1. The fourth-order valence-electron chi connectivity index (χ4n) is 1.29. The maximum absolute atomic E-state index is 13.3. The van der Waals surface area contributed by atoms with Crippen LogP contribution < -0.4 is 4.74 Å². The zero-order chi connectivity index (χ0) is 13.8. The highest BCUT2D eigenvalue weighted by molar-refractivity contribution is 6.31. The molecule has 0 aliphatic heterocycles. The van der Waals surface area contributed by atoms with Crippen molar-refractivity contribution in [1.29, 1.82) is 0 Å². The van der Waals surface area contributed by atoms with Gasteiger partial charge in [0.1, 0.15) is 5.75 Å². The summed E-state index contributed by atoms with van der Waals surface area (Å²) in [5, 5.41) is 0.462. The van der Waals surface area contributed by atoms with Gasteiger partial charge in [-0.05, 0) is 37.1 Å². The highest BCUT2D eigenvalue weighted by Crippen LogP contribution is 2.27. The molecule has 0 unspecified atom stereocenters. The van der Waals surface area contributed by atoms with Crippen LogP contribution in [0.3, 0.4) is 0 Å². The minimum Gasteiger partial charge on any atom is -0.459 e. The summed E-state index contributed by atoms with van der Waals surface area (Å²) in [6.45, 7) is 3.12. The van der Waals surface area contributed by atoms with Crippen LogP contribution in [0.1, 0.15) is 19.4 Å². The van der Waals surface area contributed by atoms with E-state index in [2.05, 4.69) is 9.47 Å². The van der Waals surface area contributed by atoms with E-state index in [1.807, 2.05) is 6.92 Å². The molecule has 1 rings (SSSR count). The zero-order valence-electron chi connectivity index (χ0n) is 10.0. The number of esters is 1. The molecule has 1 aromatic rings. The van der Waals surface area contributed by atoms with Gasteiger partial charge >= 0.3 is 12.1 Å². The van der Waals surface area contributed by atoms with E-state index < -0.39 is 12.1 Å². The van der Waals surface area contributed by atoms with Crippen LogP contribution in [0.15, 0.2) is 18.2 Å². The number of alkyl halides is 2. The van der Waals surface area contributed by atoms with E-state index in [1.165, 1.54) is 25.1 Å². The molecular weight excluding hydrogens is 266 g/mol. The second-order valence-corrected chi connectivity index (χ2v) is 3.85. The molecular formula is C12H13ClF2O3. The van der Waals surface area contributed by atoms with Crippen molar-refractivity contribution in [1.82, 2.24) is 0 Å². The molecule has 0 atom stereocenters. The smallest absolute Gasteiger partial charge is 0.459 e. The summed E-state index contributed by atoms with van der Waals surface area (Å²) in [6.07, 6.45) is -3.43. The van der Waals surface area contributed by atoms with Gasteiger partial charge in [-0.3, -0.25) is 0 Å². The lowest BCUT2D eigenvalue weighted by Gasteiger charge is -2.16. The van der Waals surface area contributed by atoms with E-state index in [1.54, 1.807) is 0 Å². The number of hydrogen-bond donors (Lipinski definition) is 0. The minimum atomic E-state index is -4.01. The summed E-state index contributed by atoms with van der Waals surface area (Å²) in [7, 11) is 0. The van der Waals surface area contributed by atoms with Gasteiger partial charge in [0.05, 0.1) is 6.61 Å². The second-order valence-electron chi connectivity index (χ2n) is 3.45. The highest BCUT2D eigenvalue weighted by atomic mass is 35.5. The Morgan fingerprint density at radius 2 is 2.06 bits per heavy atom. The van der Waals surface area contributed by atoms with Crippen molar-refractivity contribution in [3.05, 3.63) is 28.8 Å². The third-order valence-electron chi connectivity index (χ3n) is 2.16. The lowest BCUT2D eigenvalue weighted by molar-refractivity contribution is -0.216. The predicted octanol–water partition coefficient (Wildman–Crippen LogP) is 3.44. The summed E-state index contributed by atoms with van der Waals surface area (Å²) in [5.74, 6) is -1.84. The molecule has 0 bridgehead atoms. The molecule has 0 aliphatic carbocycles. The van der Waals surface area contributed by atoms with E-state index in [-0.39, 0.29) is 12.4 Å². The Morgan fingerprint density at radius 3 is 2.61 bits per heavy atom. The quantitative estimate of drug-likeness (QED) is 0.774. The van der Waals surface area contributed by atoms with Crippen LogP contribution >= 0.6 is 11.6 Å². The Kier molecular flexibility index (Phi) is 4.90. The van der Waals surface area contributed by atoms with Gasteiger partial charge in [0.15, 0.2) is 0 Å². The van der Waals surface area contributed by atoms with Gasteiger partial charge < -0.3 is 9.47 Å². The largest absolute Gasteiger partial charge is 0.502 e. The normalized spacial score (nSPS) is 11.2. The number of benzene rings is 1. The van der Waals surface area contributed by atoms with Crippen LogP contribution in [-0.2, 0) is 16.0 Å². The average Bonchev–Trinajstić information content (AvgIpc) is 2.31. The standard InChI is InChI=1S/C12H13ClF2O3/c1-3-8-7-9(5-6-10(8)13)18-12(14,15)11(16)17-4-2/h5-7H,3-4H2,1-2H3. The number of aryl methyl sites for hydroxylation is 1. The maximum atomic E-state index is 13.3. The van der Waals surface area contributed by atoms with Crippen molar-refractivity contribution in [3.63, 3.8) is 0 Å². The molecule has 18 heavy (non-hydrogen) atoms. The van der Waals surface area contributed by atoms with Crippen LogP contribution in [-0.4, -0.2) is 18.7 Å². The predicted molar refractivity (Wildman–Crippen MR) is 63.0 cm³/mol. The molecule has 3 nitrogen and oxygen atoms in total. The van der Waals surface area contributed by atoms with E-state index in [0.29, 0.717) is 17.0 Å². The highest BCUT2D eigenvalue weighted by Gasteiger charge is 2.44. The van der Waals surface area contributed by atoms with Crippen molar-refractivity contribution in [2.75, 3.05) is 6.61 Å². The summed E-state index contributed by atoms with van der Waals surface area (Å²) < 4.78 is 35.2. The molecule has 100 valence electrons. The fraction of sp³-hybridized carbons (Fsp3) is 0.417. The van der Waals surface area contributed by atoms with Crippen molar-refractivity contribution >= 4 is 17.6 Å². The van der Waals surface area contributed by atoms with E-state index >= 15 is 0 Å². The van der Waals surface area contributed by atoms with E-state index in [4.69, 9.17) is 11.6 Å². The molecule has 0 fully saturated rings. The van der Waals surface area contributed by atoms with Gasteiger partial charge in [-0.2, -0.15) is 8.78 Å². The number of carbonyl (C=O) groups excluding carboxylic acids is 1. The number of rotatable bonds is 5. The van der Waals surface area contributed by atoms with Crippen molar-refractivity contribution in [3.8, 4) is 5.75 Å². The molecule has 0 saturated heterocycles. The van der Waals surface area contributed by atoms with Crippen LogP contribution in [0.25, 0.3) is 0 Å². The number of hydrogen-bond acceptors (Lipinski definition) is 3. The molecule has 0 N–H and O–H groups in total. The van der Waals surface area contributed by atoms with Gasteiger partial charge in [0.25, 0.3) is 0 Å². The minimum absolute atomic E-state index is 0.130. The first-order valence-corrected chi connectivity index (χ1v) is 5.81. The molecule has 1 aromatic carbocycles. The Morgan fingerprint density at radius 1 is 1.39 bits per heavy atom. The number of carbonyl (C=O) groups is 1. The lowest BCUT2D eigenvalue weighted by atomic mass is 10.1. The third-order valence-corrected chi connectivity index (χ3v) is 2.53. The van der Waals surface area contributed by atoms with Crippen LogP contribution in [0.2, 0.25) is 5.02 Å². The molecule has 6 heteroatoms. The van der Waals surface area contributed by atoms with Crippen LogP contribution in [0.5, 0.6) is 5.75 Å². The van der Waals surface area contributed by atoms with E-state index in [0.717, 1.165) is 0 Å².